The summed E-state index contributed by atoms with van der Waals surface area (Å²) in [4.78, 5) is 17.4. The van der Waals surface area contributed by atoms with Crippen molar-refractivity contribution in [3.05, 3.63) is 76.9 Å². The topological polar surface area (TPSA) is 74.8 Å². The second kappa shape index (κ2) is 5.09. The van der Waals surface area contributed by atoms with Crippen molar-refractivity contribution in [1.82, 2.24) is 4.57 Å². The van der Waals surface area contributed by atoms with E-state index in [-0.39, 0.29) is 28.7 Å². The molecule has 1 aliphatic carbocycles. The van der Waals surface area contributed by atoms with Gasteiger partial charge in [0.1, 0.15) is 0 Å². The summed E-state index contributed by atoms with van der Waals surface area (Å²) in [5, 5.41) is 20.7. The standard InChI is InChI=1S/C19H14N2O3/c1-21-18(23)14-15(19(21)24)17(22)13-10-6-5-9-12(13)16(14)20-11-7-3-2-4-8-11/h2-10,23-24H,1H3. The summed E-state index contributed by atoms with van der Waals surface area (Å²) >= 11 is 0. The van der Waals surface area contributed by atoms with Crippen LogP contribution in [0.25, 0.3) is 0 Å². The van der Waals surface area contributed by atoms with Crippen molar-refractivity contribution in [2.75, 3.05) is 0 Å². The number of rotatable bonds is 1. The molecule has 0 radical (unpaired) electrons. The fourth-order valence-corrected chi connectivity index (χ4v) is 3.00. The number of fused-ring (bicyclic) bond motifs is 2. The lowest BCUT2D eigenvalue weighted by Gasteiger charge is -2.17. The largest absolute Gasteiger partial charge is 0.494 e. The Morgan fingerprint density at radius 2 is 1.42 bits per heavy atom. The number of aliphatic imine (C=N–C) groups is 1. The number of hydrogen-bond acceptors (Lipinski definition) is 4. The third-order valence-corrected chi connectivity index (χ3v) is 4.22. The van der Waals surface area contributed by atoms with Gasteiger partial charge in [-0.15, -0.1) is 0 Å². The van der Waals surface area contributed by atoms with Crippen LogP contribution in [0, 0.1) is 0 Å². The maximum absolute atomic E-state index is 12.8. The van der Waals surface area contributed by atoms with Crippen molar-refractivity contribution >= 4 is 17.2 Å². The molecule has 2 aromatic carbocycles. The lowest BCUT2D eigenvalue weighted by molar-refractivity contribution is 0.103. The summed E-state index contributed by atoms with van der Waals surface area (Å²) in [6.45, 7) is 0. The molecule has 5 nitrogen and oxygen atoms in total. The zero-order valence-corrected chi connectivity index (χ0v) is 12.9. The van der Waals surface area contributed by atoms with E-state index in [4.69, 9.17) is 0 Å². The van der Waals surface area contributed by atoms with E-state index in [0.29, 0.717) is 22.5 Å². The highest BCUT2D eigenvalue weighted by Crippen LogP contribution is 2.40. The predicted molar refractivity (Wildman–Crippen MR) is 90.4 cm³/mol. The fraction of sp³-hybridized carbons (Fsp3) is 0.0526. The molecule has 0 spiro atoms. The molecule has 2 N–H and O–H groups in total. The number of aromatic hydroxyl groups is 2. The maximum atomic E-state index is 12.8. The highest BCUT2D eigenvalue weighted by molar-refractivity contribution is 6.32. The Morgan fingerprint density at radius 1 is 0.833 bits per heavy atom. The van der Waals surface area contributed by atoms with E-state index >= 15 is 0 Å². The van der Waals surface area contributed by atoms with Gasteiger partial charge in [0.15, 0.2) is 5.78 Å². The van der Waals surface area contributed by atoms with Crippen molar-refractivity contribution in [3.63, 3.8) is 0 Å². The summed E-state index contributed by atoms with van der Waals surface area (Å²) < 4.78 is 1.19. The van der Waals surface area contributed by atoms with Gasteiger partial charge in [0.2, 0.25) is 11.8 Å². The van der Waals surface area contributed by atoms with Crippen molar-refractivity contribution in [2.24, 2.45) is 12.0 Å². The highest BCUT2D eigenvalue weighted by atomic mass is 16.3. The van der Waals surface area contributed by atoms with Crippen LogP contribution in [0.15, 0.2) is 59.6 Å². The van der Waals surface area contributed by atoms with Crippen molar-refractivity contribution < 1.29 is 15.0 Å². The Balaban J connectivity index is 2.08. The molecular formula is C19H14N2O3. The van der Waals surface area contributed by atoms with Crippen LogP contribution >= 0.6 is 0 Å². The Morgan fingerprint density at radius 3 is 2.12 bits per heavy atom. The van der Waals surface area contributed by atoms with Gasteiger partial charge < -0.3 is 10.2 Å². The predicted octanol–water partition coefficient (Wildman–Crippen LogP) is 3.15. The van der Waals surface area contributed by atoms with Crippen LogP contribution < -0.4 is 0 Å². The minimum absolute atomic E-state index is 0.0865. The van der Waals surface area contributed by atoms with E-state index in [0.717, 1.165) is 0 Å². The van der Waals surface area contributed by atoms with E-state index in [1.54, 1.807) is 18.2 Å². The molecule has 0 aliphatic heterocycles. The average molecular weight is 318 g/mol. The first-order valence-corrected chi connectivity index (χ1v) is 7.48. The minimum Gasteiger partial charge on any atom is -0.494 e. The SMILES string of the molecule is Cn1c(O)c2c(c1O)C(=Nc1ccccc1)c1ccccc1C2=O. The van der Waals surface area contributed by atoms with E-state index in [2.05, 4.69) is 4.99 Å². The third-order valence-electron chi connectivity index (χ3n) is 4.22. The monoisotopic (exact) mass is 318 g/mol. The smallest absolute Gasteiger partial charge is 0.205 e. The van der Waals surface area contributed by atoms with Crippen molar-refractivity contribution in [3.8, 4) is 11.8 Å². The van der Waals surface area contributed by atoms with Crippen molar-refractivity contribution in [2.45, 2.75) is 0 Å². The molecule has 0 amide bonds. The summed E-state index contributed by atoms with van der Waals surface area (Å²) in [6, 6.07) is 16.4. The molecule has 5 heteroatoms. The molecule has 1 heterocycles. The molecule has 24 heavy (non-hydrogen) atoms. The Bertz CT molecular complexity index is 1000. The molecule has 0 fully saturated rings. The Kier molecular flexibility index (Phi) is 3.03. The quantitative estimate of drug-likeness (QED) is 0.566. The maximum Gasteiger partial charge on any atom is 0.205 e. The van der Waals surface area contributed by atoms with Crippen LogP contribution in [-0.2, 0) is 7.05 Å². The number of carbonyl (C=O) groups excluding carboxylic acids is 1. The number of para-hydroxylation sites is 1. The van der Waals surface area contributed by atoms with Gasteiger partial charge in [-0.2, -0.15) is 0 Å². The fourth-order valence-electron chi connectivity index (χ4n) is 3.00. The molecule has 3 aromatic rings. The van der Waals surface area contributed by atoms with Gasteiger partial charge in [0, 0.05) is 18.2 Å². The number of aromatic nitrogens is 1. The molecule has 1 aromatic heterocycles. The number of hydrogen-bond donors (Lipinski definition) is 2. The van der Waals surface area contributed by atoms with Gasteiger partial charge in [-0.3, -0.25) is 9.36 Å². The molecule has 0 saturated heterocycles. The molecule has 118 valence electrons. The summed E-state index contributed by atoms with van der Waals surface area (Å²) in [5.74, 6) is -0.760. The zero-order chi connectivity index (χ0) is 16.8. The molecule has 0 unspecified atom stereocenters. The summed E-state index contributed by atoms with van der Waals surface area (Å²) in [6.07, 6.45) is 0. The highest BCUT2D eigenvalue weighted by Gasteiger charge is 2.36. The van der Waals surface area contributed by atoms with E-state index in [9.17, 15) is 15.0 Å². The van der Waals surface area contributed by atoms with Gasteiger partial charge in [-0.1, -0.05) is 42.5 Å². The molecule has 0 saturated carbocycles. The van der Waals surface area contributed by atoms with Gasteiger partial charge in [-0.25, -0.2) is 4.99 Å². The van der Waals surface area contributed by atoms with Crippen LogP contribution in [0.4, 0.5) is 5.69 Å². The van der Waals surface area contributed by atoms with Crippen LogP contribution in [0.2, 0.25) is 0 Å². The lowest BCUT2D eigenvalue weighted by atomic mass is 9.85. The normalized spacial score (nSPS) is 14.5. The number of ketones is 1. The second-order valence-corrected chi connectivity index (χ2v) is 5.63. The van der Waals surface area contributed by atoms with Gasteiger partial charge in [0.05, 0.1) is 22.5 Å². The van der Waals surface area contributed by atoms with E-state index < -0.39 is 0 Å². The van der Waals surface area contributed by atoms with E-state index in [1.165, 1.54) is 11.6 Å². The molecule has 1 aliphatic rings. The molecule has 0 bridgehead atoms. The first-order chi connectivity index (χ1) is 11.6. The third kappa shape index (κ3) is 1.88. The zero-order valence-electron chi connectivity index (χ0n) is 12.9. The summed E-state index contributed by atoms with van der Waals surface area (Å²) in [7, 11) is 1.50. The van der Waals surface area contributed by atoms with Gasteiger partial charge in [0.25, 0.3) is 0 Å². The molecular weight excluding hydrogens is 304 g/mol. The van der Waals surface area contributed by atoms with Crippen molar-refractivity contribution in [1.29, 1.82) is 0 Å². The van der Waals surface area contributed by atoms with Gasteiger partial charge >= 0.3 is 0 Å². The molecule has 4 rings (SSSR count). The Labute approximate surface area is 138 Å². The number of nitrogens with zero attached hydrogens (tertiary/aromatic N) is 2. The minimum atomic E-state index is -0.319. The van der Waals surface area contributed by atoms with E-state index in [1.807, 2.05) is 36.4 Å². The van der Waals surface area contributed by atoms with Crippen LogP contribution in [-0.4, -0.2) is 26.3 Å². The second-order valence-electron chi connectivity index (χ2n) is 5.63. The number of carbonyl (C=O) groups is 1. The average Bonchev–Trinajstić information content (AvgIpc) is 2.84. The van der Waals surface area contributed by atoms with Crippen LogP contribution in [0.3, 0.4) is 0 Å². The van der Waals surface area contributed by atoms with Crippen LogP contribution in [0.1, 0.15) is 27.0 Å². The van der Waals surface area contributed by atoms with Gasteiger partial charge in [-0.05, 0) is 12.1 Å². The first kappa shape index (κ1) is 14.3. The lowest BCUT2D eigenvalue weighted by Crippen LogP contribution is -2.20. The summed E-state index contributed by atoms with van der Waals surface area (Å²) in [5.41, 5.74) is 2.62. The number of benzene rings is 2. The first-order valence-electron chi connectivity index (χ1n) is 7.48. The molecule has 0 atom stereocenters. The Hall–Kier alpha value is -3.34. The van der Waals surface area contributed by atoms with Crippen LogP contribution in [0.5, 0.6) is 11.8 Å².